The monoisotopic (exact) mass is 238 g/mol. The summed E-state index contributed by atoms with van der Waals surface area (Å²) >= 11 is 0. The number of nitrogens with zero attached hydrogens (tertiary/aromatic N) is 1. The zero-order chi connectivity index (χ0) is 12.3. The number of unbranched alkanes of at least 4 members (excludes halogenated alkanes) is 3. The van der Waals surface area contributed by atoms with Gasteiger partial charge in [-0.2, -0.15) is 0 Å². The molecule has 0 amide bonds. The van der Waals surface area contributed by atoms with Crippen molar-refractivity contribution in [1.82, 2.24) is 10.2 Å². The number of rotatable bonds is 12. The molecule has 0 radical (unpaired) electrons. The minimum Gasteiger partial charge on any atom is -0.317 e. The predicted octanol–water partition coefficient (Wildman–Crippen LogP) is 3.20. The molecule has 1 fully saturated rings. The van der Waals surface area contributed by atoms with Gasteiger partial charge in [0, 0.05) is 12.6 Å². The summed E-state index contributed by atoms with van der Waals surface area (Å²) in [6.45, 7) is 10.8. The molecule has 2 nitrogen and oxygen atoms in total. The molecule has 0 heterocycles. The van der Waals surface area contributed by atoms with Crippen molar-refractivity contribution in [2.45, 2.75) is 57.9 Å². The first-order valence-corrected chi connectivity index (χ1v) is 7.44. The van der Waals surface area contributed by atoms with Crippen LogP contribution in [0.2, 0.25) is 0 Å². The second-order valence-electron chi connectivity index (χ2n) is 5.18. The van der Waals surface area contributed by atoms with Crippen LogP contribution in [0.1, 0.15) is 51.9 Å². The molecule has 2 heteroatoms. The lowest BCUT2D eigenvalue weighted by Gasteiger charge is -2.19. The lowest BCUT2D eigenvalue weighted by atomic mass is 10.2. The Morgan fingerprint density at radius 3 is 2.59 bits per heavy atom. The third-order valence-corrected chi connectivity index (χ3v) is 3.40. The van der Waals surface area contributed by atoms with Gasteiger partial charge in [0.1, 0.15) is 0 Å². The van der Waals surface area contributed by atoms with Gasteiger partial charge >= 0.3 is 0 Å². The summed E-state index contributed by atoms with van der Waals surface area (Å²) in [6, 6.07) is 0.888. The van der Waals surface area contributed by atoms with Gasteiger partial charge in [0.15, 0.2) is 0 Å². The van der Waals surface area contributed by atoms with Crippen LogP contribution in [0.3, 0.4) is 0 Å². The highest BCUT2D eigenvalue weighted by atomic mass is 15.2. The first-order chi connectivity index (χ1) is 8.38. The van der Waals surface area contributed by atoms with Gasteiger partial charge in [-0.3, -0.25) is 4.90 Å². The summed E-state index contributed by atoms with van der Waals surface area (Å²) in [5.41, 5.74) is 0. The van der Waals surface area contributed by atoms with Crippen molar-refractivity contribution in [3.8, 4) is 0 Å². The average Bonchev–Trinajstić information content (AvgIpc) is 3.15. The van der Waals surface area contributed by atoms with Gasteiger partial charge in [-0.15, -0.1) is 6.58 Å². The molecular formula is C15H30N2. The number of hydrogen-bond donors (Lipinski definition) is 1. The van der Waals surface area contributed by atoms with Crippen molar-refractivity contribution in [1.29, 1.82) is 0 Å². The lowest BCUT2D eigenvalue weighted by Crippen LogP contribution is -2.27. The SMILES string of the molecule is C=CCN(CCCCCCNCCC)C1CC1. The first-order valence-electron chi connectivity index (χ1n) is 7.44. The molecule has 17 heavy (non-hydrogen) atoms. The Labute approximate surface area is 107 Å². The van der Waals surface area contributed by atoms with Gasteiger partial charge in [0.2, 0.25) is 0 Å². The maximum Gasteiger partial charge on any atom is 0.0163 e. The molecule has 0 aromatic rings. The van der Waals surface area contributed by atoms with Crippen molar-refractivity contribution in [3.05, 3.63) is 12.7 Å². The van der Waals surface area contributed by atoms with Crippen LogP contribution < -0.4 is 5.32 Å². The first kappa shape index (κ1) is 14.7. The molecule has 1 aliphatic rings. The summed E-state index contributed by atoms with van der Waals surface area (Å²) in [5, 5.41) is 3.46. The number of hydrogen-bond acceptors (Lipinski definition) is 2. The van der Waals surface area contributed by atoms with E-state index in [0.29, 0.717) is 0 Å². The van der Waals surface area contributed by atoms with Gasteiger partial charge < -0.3 is 5.32 Å². The molecule has 0 atom stereocenters. The molecule has 0 bridgehead atoms. The van der Waals surface area contributed by atoms with Crippen LogP contribution in [-0.4, -0.2) is 37.1 Å². The van der Waals surface area contributed by atoms with Crippen LogP contribution in [0.15, 0.2) is 12.7 Å². The fourth-order valence-corrected chi connectivity index (χ4v) is 2.25. The highest BCUT2D eigenvalue weighted by Gasteiger charge is 2.27. The maximum atomic E-state index is 3.85. The molecule has 0 saturated heterocycles. The van der Waals surface area contributed by atoms with Gasteiger partial charge in [-0.05, 0) is 51.7 Å². The highest BCUT2D eigenvalue weighted by molar-refractivity contribution is 4.87. The zero-order valence-corrected chi connectivity index (χ0v) is 11.6. The Kier molecular flexibility index (Phi) is 8.37. The molecule has 1 rings (SSSR count). The summed E-state index contributed by atoms with van der Waals surface area (Å²) in [4.78, 5) is 2.60. The summed E-state index contributed by atoms with van der Waals surface area (Å²) < 4.78 is 0. The van der Waals surface area contributed by atoms with Gasteiger partial charge in [-0.1, -0.05) is 25.8 Å². The molecule has 0 aromatic heterocycles. The van der Waals surface area contributed by atoms with Crippen molar-refractivity contribution >= 4 is 0 Å². The number of nitrogens with one attached hydrogen (secondary N) is 1. The van der Waals surface area contributed by atoms with E-state index in [0.717, 1.165) is 12.6 Å². The largest absolute Gasteiger partial charge is 0.317 e. The van der Waals surface area contributed by atoms with Crippen LogP contribution >= 0.6 is 0 Å². The molecule has 0 spiro atoms. The zero-order valence-electron chi connectivity index (χ0n) is 11.6. The fraction of sp³-hybridized carbons (Fsp3) is 0.867. The molecule has 0 unspecified atom stereocenters. The smallest absolute Gasteiger partial charge is 0.0163 e. The normalized spacial score (nSPS) is 15.4. The van der Waals surface area contributed by atoms with Gasteiger partial charge in [0.25, 0.3) is 0 Å². The van der Waals surface area contributed by atoms with Crippen LogP contribution in [0.5, 0.6) is 0 Å². The van der Waals surface area contributed by atoms with E-state index in [1.807, 2.05) is 6.08 Å². The molecule has 1 N–H and O–H groups in total. The van der Waals surface area contributed by atoms with Crippen LogP contribution in [0.25, 0.3) is 0 Å². The van der Waals surface area contributed by atoms with Gasteiger partial charge in [0.05, 0.1) is 0 Å². The molecular weight excluding hydrogens is 208 g/mol. The van der Waals surface area contributed by atoms with Gasteiger partial charge in [-0.25, -0.2) is 0 Å². The Morgan fingerprint density at radius 1 is 1.18 bits per heavy atom. The topological polar surface area (TPSA) is 15.3 Å². The van der Waals surface area contributed by atoms with E-state index >= 15 is 0 Å². The second kappa shape index (κ2) is 9.67. The predicted molar refractivity (Wildman–Crippen MR) is 76.4 cm³/mol. The van der Waals surface area contributed by atoms with Crippen molar-refractivity contribution < 1.29 is 0 Å². The second-order valence-corrected chi connectivity index (χ2v) is 5.18. The molecule has 1 aliphatic carbocycles. The Balaban J connectivity index is 1.86. The molecule has 0 aromatic carbocycles. The molecule has 100 valence electrons. The third kappa shape index (κ3) is 7.56. The van der Waals surface area contributed by atoms with E-state index in [1.54, 1.807) is 0 Å². The van der Waals surface area contributed by atoms with Crippen LogP contribution in [-0.2, 0) is 0 Å². The highest BCUT2D eigenvalue weighted by Crippen LogP contribution is 2.26. The van der Waals surface area contributed by atoms with Crippen molar-refractivity contribution in [3.63, 3.8) is 0 Å². The lowest BCUT2D eigenvalue weighted by molar-refractivity contribution is 0.284. The maximum absolute atomic E-state index is 3.85. The van der Waals surface area contributed by atoms with Crippen LogP contribution in [0.4, 0.5) is 0 Å². The minimum absolute atomic E-state index is 0.888. The van der Waals surface area contributed by atoms with E-state index in [-0.39, 0.29) is 0 Å². The Morgan fingerprint density at radius 2 is 1.94 bits per heavy atom. The Bertz CT molecular complexity index is 187. The van der Waals surface area contributed by atoms with Crippen molar-refractivity contribution in [2.24, 2.45) is 0 Å². The summed E-state index contributed by atoms with van der Waals surface area (Å²) in [6.07, 6.45) is 11.6. The van der Waals surface area contributed by atoms with E-state index in [1.165, 1.54) is 64.6 Å². The quantitative estimate of drug-likeness (QED) is 0.415. The van der Waals surface area contributed by atoms with E-state index in [4.69, 9.17) is 0 Å². The average molecular weight is 238 g/mol. The van der Waals surface area contributed by atoms with E-state index < -0.39 is 0 Å². The molecule has 0 aliphatic heterocycles. The third-order valence-electron chi connectivity index (χ3n) is 3.40. The van der Waals surface area contributed by atoms with E-state index in [2.05, 4.69) is 23.7 Å². The summed E-state index contributed by atoms with van der Waals surface area (Å²) in [7, 11) is 0. The fourth-order valence-electron chi connectivity index (χ4n) is 2.25. The standard InChI is InChI=1S/C15H30N2/c1-3-11-16-12-7-5-6-8-14-17(13-4-2)15-9-10-15/h4,15-16H,2-3,5-14H2,1H3. The van der Waals surface area contributed by atoms with Crippen molar-refractivity contribution in [2.75, 3.05) is 26.2 Å². The molecule has 1 saturated carbocycles. The summed E-state index contributed by atoms with van der Waals surface area (Å²) in [5.74, 6) is 0. The van der Waals surface area contributed by atoms with Crippen LogP contribution in [0, 0.1) is 0 Å². The minimum atomic E-state index is 0.888. The Hall–Kier alpha value is -0.340. The van der Waals surface area contributed by atoms with E-state index in [9.17, 15) is 0 Å².